The van der Waals surface area contributed by atoms with Crippen molar-refractivity contribution in [1.29, 1.82) is 0 Å². The summed E-state index contributed by atoms with van der Waals surface area (Å²) in [5.74, 6) is 0.698. The summed E-state index contributed by atoms with van der Waals surface area (Å²) in [5, 5.41) is 6.65. The first-order valence-corrected chi connectivity index (χ1v) is 7.93. The molecule has 114 valence electrons. The summed E-state index contributed by atoms with van der Waals surface area (Å²) in [6.45, 7) is 0. The first kappa shape index (κ1) is 14.4. The lowest BCUT2D eigenvalue weighted by Gasteiger charge is -2.28. The number of nitrogens with one attached hydrogen (secondary N) is 2. The molecular formula is C17H25N3O. The zero-order valence-electron chi connectivity index (χ0n) is 12.9. The number of rotatable bonds is 4. The van der Waals surface area contributed by atoms with Crippen LogP contribution in [-0.2, 0) is 4.79 Å². The Labute approximate surface area is 126 Å². The normalized spacial score (nSPS) is 27.4. The molecule has 0 spiro atoms. The number of piperidine rings is 1. The second kappa shape index (κ2) is 6.06. The fourth-order valence-electron chi connectivity index (χ4n) is 3.66. The maximum atomic E-state index is 12.2. The van der Waals surface area contributed by atoms with Gasteiger partial charge in [-0.05, 0) is 55.9 Å². The SMILES string of the molecule is CN(C)c1ccc(NC(=O)CC2CC3CCC(C2)N3)cc1. The summed E-state index contributed by atoms with van der Waals surface area (Å²) in [6.07, 6.45) is 5.54. The van der Waals surface area contributed by atoms with Crippen molar-refractivity contribution in [2.75, 3.05) is 24.3 Å². The van der Waals surface area contributed by atoms with Crippen LogP contribution >= 0.6 is 0 Å². The fraction of sp³-hybridized carbons (Fsp3) is 0.588. The summed E-state index contributed by atoms with van der Waals surface area (Å²) in [5.41, 5.74) is 2.03. The first-order chi connectivity index (χ1) is 10.1. The molecule has 1 aromatic carbocycles. The van der Waals surface area contributed by atoms with E-state index in [1.807, 2.05) is 38.4 Å². The van der Waals surface area contributed by atoms with E-state index in [-0.39, 0.29) is 5.91 Å². The van der Waals surface area contributed by atoms with Crippen LogP contribution in [0.1, 0.15) is 32.1 Å². The number of fused-ring (bicyclic) bond motifs is 2. The predicted octanol–water partition coefficient (Wildman–Crippen LogP) is 2.61. The smallest absolute Gasteiger partial charge is 0.224 e. The molecule has 3 rings (SSSR count). The third-order valence-corrected chi connectivity index (χ3v) is 4.71. The van der Waals surface area contributed by atoms with Gasteiger partial charge in [-0.2, -0.15) is 0 Å². The van der Waals surface area contributed by atoms with E-state index in [9.17, 15) is 4.79 Å². The predicted molar refractivity (Wildman–Crippen MR) is 86.7 cm³/mol. The molecule has 1 aromatic rings. The number of benzene rings is 1. The zero-order chi connectivity index (χ0) is 14.8. The van der Waals surface area contributed by atoms with Crippen molar-refractivity contribution in [1.82, 2.24) is 5.32 Å². The van der Waals surface area contributed by atoms with Crippen molar-refractivity contribution in [2.45, 2.75) is 44.2 Å². The Hall–Kier alpha value is -1.55. The number of carbonyl (C=O) groups excluding carboxylic acids is 1. The molecule has 0 aliphatic carbocycles. The van der Waals surface area contributed by atoms with Crippen molar-refractivity contribution in [3.8, 4) is 0 Å². The Bertz CT molecular complexity index is 485. The van der Waals surface area contributed by atoms with Gasteiger partial charge < -0.3 is 15.5 Å². The number of carbonyl (C=O) groups is 1. The molecule has 2 atom stereocenters. The lowest BCUT2D eigenvalue weighted by molar-refractivity contribution is -0.117. The van der Waals surface area contributed by atoms with E-state index in [4.69, 9.17) is 0 Å². The lowest BCUT2D eigenvalue weighted by atomic mass is 9.89. The third-order valence-electron chi connectivity index (χ3n) is 4.71. The molecule has 2 unspecified atom stereocenters. The zero-order valence-corrected chi connectivity index (χ0v) is 12.9. The summed E-state index contributed by atoms with van der Waals surface area (Å²) < 4.78 is 0. The van der Waals surface area contributed by atoms with Gasteiger partial charge in [-0.1, -0.05) is 0 Å². The highest BCUT2D eigenvalue weighted by molar-refractivity contribution is 5.91. The lowest BCUT2D eigenvalue weighted by Crippen LogP contribution is -2.39. The molecule has 21 heavy (non-hydrogen) atoms. The Morgan fingerprint density at radius 3 is 2.38 bits per heavy atom. The van der Waals surface area contributed by atoms with E-state index in [0.717, 1.165) is 24.2 Å². The number of hydrogen-bond donors (Lipinski definition) is 2. The largest absolute Gasteiger partial charge is 0.378 e. The van der Waals surface area contributed by atoms with Crippen LogP contribution in [0.15, 0.2) is 24.3 Å². The van der Waals surface area contributed by atoms with Gasteiger partial charge in [0.05, 0.1) is 0 Å². The highest BCUT2D eigenvalue weighted by Gasteiger charge is 2.34. The Morgan fingerprint density at radius 2 is 1.81 bits per heavy atom. The second-order valence-corrected chi connectivity index (χ2v) is 6.67. The van der Waals surface area contributed by atoms with Crippen LogP contribution in [0.4, 0.5) is 11.4 Å². The van der Waals surface area contributed by atoms with Crippen LogP contribution < -0.4 is 15.5 Å². The van der Waals surface area contributed by atoms with E-state index in [0.29, 0.717) is 24.4 Å². The van der Waals surface area contributed by atoms with Crippen LogP contribution in [0, 0.1) is 5.92 Å². The average Bonchev–Trinajstić information content (AvgIpc) is 2.78. The van der Waals surface area contributed by atoms with Crippen LogP contribution in [0.2, 0.25) is 0 Å². The minimum atomic E-state index is 0.152. The minimum Gasteiger partial charge on any atom is -0.378 e. The second-order valence-electron chi connectivity index (χ2n) is 6.67. The maximum Gasteiger partial charge on any atom is 0.224 e. The van der Waals surface area contributed by atoms with Gasteiger partial charge in [0.2, 0.25) is 5.91 Å². The molecule has 2 heterocycles. The maximum absolute atomic E-state index is 12.2. The summed E-state index contributed by atoms with van der Waals surface area (Å²) >= 11 is 0. The van der Waals surface area contributed by atoms with Crippen LogP contribution in [0.25, 0.3) is 0 Å². The van der Waals surface area contributed by atoms with Gasteiger partial charge in [0, 0.05) is 44.0 Å². The van der Waals surface area contributed by atoms with Gasteiger partial charge in [-0.15, -0.1) is 0 Å². The number of hydrogen-bond acceptors (Lipinski definition) is 3. The highest BCUT2D eigenvalue weighted by atomic mass is 16.1. The van der Waals surface area contributed by atoms with Crippen LogP contribution in [-0.4, -0.2) is 32.1 Å². The van der Waals surface area contributed by atoms with Crippen molar-refractivity contribution in [2.24, 2.45) is 5.92 Å². The quantitative estimate of drug-likeness (QED) is 0.894. The van der Waals surface area contributed by atoms with E-state index in [1.165, 1.54) is 12.8 Å². The third kappa shape index (κ3) is 3.56. The molecule has 2 N–H and O–H groups in total. The Kier molecular flexibility index (Phi) is 4.15. The van der Waals surface area contributed by atoms with Crippen molar-refractivity contribution in [3.05, 3.63) is 24.3 Å². The Balaban J connectivity index is 1.52. The summed E-state index contributed by atoms with van der Waals surface area (Å²) in [7, 11) is 4.03. The highest BCUT2D eigenvalue weighted by Crippen LogP contribution is 2.32. The molecule has 0 saturated carbocycles. The molecule has 1 amide bonds. The molecule has 2 aliphatic heterocycles. The van der Waals surface area contributed by atoms with Gasteiger partial charge in [-0.25, -0.2) is 0 Å². The van der Waals surface area contributed by atoms with Gasteiger partial charge in [0.25, 0.3) is 0 Å². The molecule has 2 saturated heterocycles. The molecule has 0 aromatic heterocycles. The van der Waals surface area contributed by atoms with Gasteiger partial charge >= 0.3 is 0 Å². The Morgan fingerprint density at radius 1 is 1.19 bits per heavy atom. The number of nitrogens with zero attached hydrogens (tertiary/aromatic N) is 1. The van der Waals surface area contributed by atoms with Crippen LogP contribution in [0.3, 0.4) is 0 Å². The van der Waals surface area contributed by atoms with Crippen LogP contribution in [0.5, 0.6) is 0 Å². The van der Waals surface area contributed by atoms with E-state index >= 15 is 0 Å². The van der Waals surface area contributed by atoms with E-state index < -0.39 is 0 Å². The van der Waals surface area contributed by atoms with Crippen molar-refractivity contribution >= 4 is 17.3 Å². The molecule has 2 bridgehead atoms. The standard InChI is InChI=1S/C17H25N3O/c1-20(2)16-7-5-13(6-8-16)19-17(21)11-12-9-14-3-4-15(10-12)18-14/h5-8,12,14-15,18H,3-4,9-11H2,1-2H3,(H,19,21). The van der Waals surface area contributed by atoms with Gasteiger partial charge in [0.15, 0.2) is 0 Å². The summed E-state index contributed by atoms with van der Waals surface area (Å²) in [4.78, 5) is 14.2. The first-order valence-electron chi connectivity index (χ1n) is 7.93. The monoisotopic (exact) mass is 287 g/mol. The topological polar surface area (TPSA) is 44.4 Å². The molecule has 0 radical (unpaired) electrons. The number of anilines is 2. The molecule has 4 nitrogen and oxygen atoms in total. The molecule has 4 heteroatoms. The molecule has 2 fully saturated rings. The minimum absolute atomic E-state index is 0.152. The van der Waals surface area contributed by atoms with E-state index in [2.05, 4.69) is 15.5 Å². The van der Waals surface area contributed by atoms with E-state index in [1.54, 1.807) is 0 Å². The van der Waals surface area contributed by atoms with Crippen molar-refractivity contribution < 1.29 is 4.79 Å². The number of amides is 1. The fourth-order valence-corrected chi connectivity index (χ4v) is 3.66. The summed E-state index contributed by atoms with van der Waals surface area (Å²) in [6, 6.07) is 9.31. The van der Waals surface area contributed by atoms with Gasteiger partial charge in [0.1, 0.15) is 0 Å². The van der Waals surface area contributed by atoms with Gasteiger partial charge in [-0.3, -0.25) is 4.79 Å². The molecular weight excluding hydrogens is 262 g/mol. The van der Waals surface area contributed by atoms with Crippen molar-refractivity contribution in [3.63, 3.8) is 0 Å². The average molecular weight is 287 g/mol. The molecule has 2 aliphatic rings.